The normalized spacial score (nSPS) is 18.3. The molecule has 0 aromatic rings. The fraction of sp³-hybridized carbons (Fsp3) is 0.833. The van der Waals surface area contributed by atoms with Crippen LogP contribution in [0.5, 0.6) is 0 Å². The molecule has 0 spiro atoms. The predicted octanol–water partition coefficient (Wildman–Crippen LogP) is 2.56. The summed E-state index contributed by atoms with van der Waals surface area (Å²) < 4.78 is 68.9. The number of carboxylic acids is 2. The molecule has 0 unspecified atom stereocenters. The SMILES string of the molecule is CC(C)(C)OC(=O)N1CCC(N2CCNCC2)CC1.O=C(O)C(F)(F)F.O=C(O)C(F)(F)F. The van der Waals surface area contributed by atoms with E-state index in [1.807, 2.05) is 25.7 Å². The Balaban J connectivity index is 0.000000605. The third kappa shape index (κ3) is 13.8. The molecule has 0 radical (unpaired) electrons. The van der Waals surface area contributed by atoms with E-state index >= 15 is 0 Å². The summed E-state index contributed by atoms with van der Waals surface area (Å²) in [4.78, 5) is 34.2. The van der Waals surface area contributed by atoms with Gasteiger partial charge in [-0.1, -0.05) is 0 Å². The highest BCUT2D eigenvalue weighted by Gasteiger charge is 2.39. The van der Waals surface area contributed by atoms with Gasteiger partial charge in [-0.3, -0.25) is 4.90 Å². The van der Waals surface area contributed by atoms with Crippen LogP contribution in [-0.4, -0.2) is 101 Å². The van der Waals surface area contributed by atoms with Gasteiger partial charge in [-0.15, -0.1) is 0 Å². The van der Waals surface area contributed by atoms with Crippen molar-refractivity contribution in [3.63, 3.8) is 0 Å². The number of ether oxygens (including phenoxy) is 1. The fourth-order valence-electron chi connectivity index (χ4n) is 2.79. The minimum Gasteiger partial charge on any atom is -0.475 e. The average molecular weight is 497 g/mol. The lowest BCUT2D eigenvalue weighted by Crippen LogP contribution is -2.53. The van der Waals surface area contributed by atoms with Crippen LogP contribution in [0.3, 0.4) is 0 Å². The lowest BCUT2D eigenvalue weighted by molar-refractivity contribution is -0.193. The molecular formula is C18H29F6N3O6. The number of carbonyl (C=O) groups is 3. The van der Waals surface area contributed by atoms with Crippen molar-refractivity contribution >= 4 is 18.0 Å². The molecule has 2 fully saturated rings. The Kier molecular flexibility index (Phi) is 11.9. The van der Waals surface area contributed by atoms with Crippen LogP contribution in [0.25, 0.3) is 0 Å². The van der Waals surface area contributed by atoms with Crippen LogP contribution in [0, 0.1) is 0 Å². The lowest BCUT2D eigenvalue weighted by atomic mass is 10.0. The third-order valence-corrected chi connectivity index (χ3v) is 4.27. The summed E-state index contributed by atoms with van der Waals surface area (Å²) in [5.74, 6) is -5.51. The van der Waals surface area contributed by atoms with Crippen molar-refractivity contribution in [1.29, 1.82) is 0 Å². The number of amides is 1. The number of piperazine rings is 1. The third-order valence-electron chi connectivity index (χ3n) is 4.27. The van der Waals surface area contributed by atoms with Gasteiger partial charge in [0, 0.05) is 45.3 Å². The molecular weight excluding hydrogens is 468 g/mol. The van der Waals surface area contributed by atoms with E-state index in [1.165, 1.54) is 0 Å². The van der Waals surface area contributed by atoms with Crippen molar-refractivity contribution in [3.8, 4) is 0 Å². The monoisotopic (exact) mass is 497 g/mol. The van der Waals surface area contributed by atoms with Crippen LogP contribution in [0.15, 0.2) is 0 Å². The number of hydrogen-bond acceptors (Lipinski definition) is 6. The van der Waals surface area contributed by atoms with Crippen molar-refractivity contribution in [2.45, 2.75) is 57.6 Å². The van der Waals surface area contributed by atoms with Crippen molar-refractivity contribution in [3.05, 3.63) is 0 Å². The molecule has 0 bridgehead atoms. The summed E-state index contributed by atoms with van der Waals surface area (Å²) in [6, 6.07) is 0.640. The maximum atomic E-state index is 12.0. The maximum absolute atomic E-state index is 12.0. The summed E-state index contributed by atoms with van der Waals surface area (Å²) in [5, 5.41) is 17.6. The van der Waals surface area contributed by atoms with Crippen LogP contribution < -0.4 is 5.32 Å². The van der Waals surface area contributed by atoms with Crippen LogP contribution in [-0.2, 0) is 14.3 Å². The van der Waals surface area contributed by atoms with E-state index in [0.29, 0.717) is 6.04 Å². The van der Waals surface area contributed by atoms with Crippen molar-refractivity contribution in [2.24, 2.45) is 0 Å². The Morgan fingerprint density at radius 2 is 1.18 bits per heavy atom. The standard InChI is InChI=1S/C14H27N3O2.2C2HF3O2/c1-14(2,3)19-13(18)17-8-4-12(5-9-17)16-10-6-15-7-11-16;2*3-2(4,5)1(6)7/h12,15H,4-11H2,1-3H3;2*(H,6,7). The zero-order chi connectivity index (χ0) is 26.0. The van der Waals surface area contributed by atoms with Gasteiger partial charge < -0.3 is 25.2 Å². The summed E-state index contributed by atoms with van der Waals surface area (Å²) >= 11 is 0. The molecule has 2 heterocycles. The Labute approximate surface area is 186 Å². The van der Waals surface area contributed by atoms with E-state index in [4.69, 9.17) is 24.5 Å². The Hall–Kier alpha value is -2.29. The molecule has 0 saturated carbocycles. The zero-order valence-corrected chi connectivity index (χ0v) is 18.4. The van der Waals surface area contributed by atoms with Gasteiger partial charge in [-0.05, 0) is 33.6 Å². The lowest BCUT2D eigenvalue weighted by Gasteiger charge is -2.40. The topological polar surface area (TPSA) is 119 Å². The first-order valence-corrected chi connectivity index (χ1v) is 9.87. The molecule has 2 rings (SSSR count). The van der Waals surface area contributed by atoms with E-state index in [-0.39, 0.29) is 6.09 Å². The smallest absolute Gasteiger partial charge is 0.475 e. The van der Waals surface area contributed by atoms with Gasteiger partial charge >= 0.3 is 30.4 Å². The highest BCUT2D eigenvalue weighted by atomic mass is 19.4. The van der Waals surface area contributed by atoms with E-state index in [0.717, 1.165) is 52.1 Å². The van der Waals surface area contributed by atoms with Gasteiger partial charge in [0.05, 0.1) is 0 Å². The number of alkyl halides is 6. The van der Waals surface area contributed by atoms with Gasteiger partial charge in [0.1, 0.15) is 5.60 Å². The Morgan fingerprint density at radius 1 is 0.818 bits per heavy atom. The maximum Gasteiger partial charge on any atom is 0.490 e. The number of halogens is 6. The van der Waals surface area contributed by atoms with Crippen molar-refractivity contribution < 1.29 is 55.7 Å². The Morgan fingerprint density at radius 3 is 1.48 bits per heavy atom. The molecule has 9 nitrogen and oxygen atoms in total. The average Bonchev–Trinajstić information content (AvgIpc) is 2.67. The Bertz CT molecular complexity index is 613. The molecule has 33 heavy (non-hydrogen) atoms. The molecule has 3 N–H and O–H groups in total. The molecule has 2 aliphatic heterocycles. The first-order chi connectivity index (χ1) is 14.8. The predicted molar refractivity (Wildman–Crippen MR) is 103 cm³/mol. The highest BCUT2D eigenvalue weighted by molar-refractivity contribution is 5.73. The minimum absolute atomic E-state index is 0.161. The van der Waals surface area contributed by atoms with Crippen molar-refractivity contribution in [1.82, 2.24) is 15.1 Å². The van der Waals surface area contributed by atoms with Crippen LogP contribution in [0.4, 0.5) is 31.1 Å². The summed E-state index contributed by atoms with van der Waals surface area (Å²) in [6.45, 7) is 11.8. The number of aliphatic carboxylic acids is 2. The first kappa shape index (κ1) is 30.7. The molecule has 1 amide bonds. The number of nitrogens with one attached hydrogen (secondary N) is 1. The van der Waals surface area contributed by atoms with E-state index in [2.05, 4.69) is 10.2 Å². The summed E-state index contributed by atoms with van der Waals surface area (Å²) in [7, 11) is 0. The molecule has 2 saturated heterocycles. The zero-order valence-electron chi connectivity index (χ0n) is 18.4. The second kappa shape index (κ2) is 12.8. The number of nitrogens with zero attached hydrogens (tertiary/aromatic N) is 2. The summed E-state index contributed by atoms with van der Waals surface area (Å²) in [6.07, 6.45) is -8.19. The number of carbonyl (C=O) groups excluding carboxylic acids is 1. The van der Waals surface area contributed by atoms with E-state index < -0.39 is 29.9 Å². The summed E-state index contributed by atoms with van der Waals surface area (Å²) in [5.41, 5.74) is -0.396. The molecule has 194 valence electrons. The number of hydrogen-bond donors (Lipinski definition) is 3. The van der Waals surface area contributed by atoms with Crippen molar-refractivity contribution in [2.75, 3.05) is 39.3 Å². The van der Waals surface area contributed by atoms with Crippen LogP contribution >= 0.6 is 0 Å². The number of rotatable bonds is 1. The molecule has 0 atom stereocenters. The molecule has 15 heteroatoms. The van der Waals surface area contributed by atoms with Crippen LogP contribution in [0.1, 0.15) is 33.6 Å². The second-order valence-corrected chi connectivity index (χ2v) is 8.09. The van der Waals surface area contributed by atoms with Gasteiger partial charge in [0.2, 0.25) is 0 Å². The molecule has 0 aromatic carbocycles. The molecule has 0 aliphatic carbocycles. The quantitative estimate of drug-likeness (QED) is 0.473. The largest absolute Gasteiger partial charge is 0.490 e. The minimum atomic E-state index is -5.08. The van der Waals surface area contributed by atoms with Gasteiger partial charge in [-0.25, -0.2) is 14.4 Å². The van der Waals surface area contributed by atoms with Crippen LogP contribution in [0.2, 0.25) is 0 Å². The fourth-order valence-corrected chi connectivity index (χ4v) is 2.79. The first-order valence-electron chi connectivity index (χ1n) is 9.87. The van der Waals surface area contributed by atoms with E-state index in [1.54, 1.807) is 0 Å². The van der Waals surface area contributed by atoms with Gasteiger partial charge in [-0.2, -0.15) is 26.3 Å². The highest BCUT2D eigenvalue weighted by Crippen LogP contribution is 2.19. The molecule has 2 aliphatic rings. The number of carboxylic acid groups (broad SMARTS) is 2. The van der Waals surface area contributed by atoms with E-state index in [9.17, 15) is 31.1 Å². The number of piperidine rings is 1. The molecule has 0 aromatic heterocycles. The van der Waals surface area contributed by atoms with Gasteiger partial charge in [0.15, 0.2) is 0 Å². The second-order valence-electron chi connectivity index (χ2n) is 8.09. The number of likely N-dealkylation sites (tertiary alicyclic amines) is 1. The van der Waals surface area contributed by atoms with Gasteiger partial charge in [0.25, 0.3) is 0 Å².